The number of H-pyrrole nitrogens is 2. The van der Waals surface area contributed by atoms with Crippen LogP contribution in [0.3, 0.4) is 0 Å². The van der Waals surface area contributed by atoms with E-state index in [-0.39, 0.29) is 19.4 Å². The smallest absolute Gasteiger partial charge is 0.303 e. The van der Waals surface area contributed by atoms with Crippen molar-refractivity contribution in [3.05, 3.63) is 75.9 Å². The molecule has 0 atom stereocenters. The van der Waals surface area contributed by atoms with Crippen LogP contribution in [0, 0.1) is 13.8 Å². The second-order valence-corrected chi connectivity index (χ2v) is 11.2. The van der Waals surface area contributed by atoms with Crippen molar-refractivity contribution < 1.29 is 24.9 Å². The standard InChI is InChI=1S/C34H36N4O5/c1-17(10-11-39)33-30-13-18(2)25(36-30)15-27-21(5)24(7-9-32(42)43)29(38-27)16-28-23(6-8-31(40)41)20(4)26(37-28)14-22-12-19(3)34(33)35-22/h12-16,36-37,39H,1,6-11H2,2-5H3,(H,40,41)(H,42,43). The van der Waals surface area contributed by atoms with E-state index in [1.807, 2.05) is 58.0 Å². The Hall–Kier alpha value is -4.76. The number of rotatable bonds is 9. The molecule has 0 spiro atoms. The first-order valence-electron chi connectivity index (χ1n) is 14.3. The maximum Gasteiger partial charge on any atom is 0.303 e. The van der Waals surface area contributed by atoms with Crippen molar-refractivity contribution in [1.82, 2.24) is 19.9 Å². The van der Waals surface area contributed by atoms with E-state index in [0.29, 0.717) is 25.0 Å². The van der Waals surface area contributed by atoms with Gasteiger partial charge >= 0.3 is 11.9 Å². The third-order valence-electron chi connectivity index (χ3n) is 8.18. The maximum atomic E-state index is 11.5. The predicted molar refractivity (Wildman–Crippen MR) is 170 cm³/mol. The Morgan fingerprint density at radius 3 is 2.19 bits per heavy atom. The number of hydrogen-bond donors (Lipinski definition) is 5. The summed E-state index contributed by atoms with van der Waals surface area (Å²) in [5, 5.41) is 28.7. The number of aromatic nitrogens is 4. The normalized spacial score (nSPS) is 12.9. The average molecular weight is 581 g/mol. The highest BCUT2D eigenvalue weighted by Crippen LogP contribution is 2.36. The molecule has 0 aliphatic carbocycles. The third-order valence-corrected chi connectivity index (χ3v) is 8.18. The van der Waals surface area contributed by atoms with Crippen molar-refractivity contribution >= 4 is 62.4 Å². The maximum absolute atomic E-state index is 11.5. The number of nitrogens with one attached hydrogen (secondary N) is 2. The fourth-order valence-corrected chi connectivity index (χ4v) is 5.83. The molecule has 0 aromatic carbocycles. The van der Waals surface area contributed by atoms with E-state index in [1.165, 1.54) is 0 Å². The van der Waals surface area contributed by atoms with Gasteiger partial charge < -0.3 is 25.3 Å². The molecular formula is C34H36N4O5. The van der Waals surface area contributed by atoms with E-state index >= 15 is 0 Å². The average Bonchev–Trinajstić information content (AvgIpc) is 3.63. The number of carbonyl (C=O) groups is 2. The highest BCUT2D eigenvalue weighted by atomic mass is 16.4. The molecule has 5 heterocycles. The minimum Gasteiger partial charge on any atom is -0.481 e. The molecule has 2 aliphatic rings. The molecule has 0 saturated carbocycles. The predicted octanol–water partition coefficient (Wildman–Crippen LogP) is 6.70. The van der Waals surface area contributed by atoms with E-state index in [0.717, 1.165) is 83.7 Å². The molecule has 222 valence electrons. The third kappa shape index (κ3) is 5.94. The van der Waals surface area contributed by atoms with Crippen LogP contribution in [0.5, 0.6) is 0 Å². The van der Waals surface area contributed by atoms with Crippen LogP contribution in [0.2, 0.25) is 0 Å². The minimum absolute atomic E-state index is 0.0330. The second-order valence-electron chi connectivity index (χ2n) is 11.2. The summed E-state index contributed by atoms with van der Waals surface area (Å²) in [5.41, 5.74) is 13.2. The topological polar surface area (TPSA) is 152 Å². The van der Waals surface area contributed by atoms with Crippen LogP contribution in [-0.2, 0) is 16.0 Å². The summed E-state index contributed by atoms with van der Waals surface area (Å²) < 4.78 is 0. The first-order chi connectivity index (χ1) is 20.5. The highest BCUT2D eigenvalue weighted by Gasteiger charge is 2.21. The number of aliphatic carboxylic acids is 2. The van der Waals surface area contributed by atoms with Gasteiger partial charge in [-0.2, -0.15) is 0 Å². The van der Waals surface area contributed by atoms with E-state index < -0.39 is 11.9 Å². The molecule has 2 aliphatic heterocycles. The molecule has 0 amide bonds. The lowest BCUT2D eigenvalue weighted by Crippen LogP contribution is -1.98. The Bertz CT molecular complexity index is 1900. The number of nitrogens with zero attached hydrogens (tertiary/aromatic N) is 2. The zero-order chi connectivity index (χ0) is 31.0. The molecule has 0 radical (unpaired) electrons. The van der Waals surface area contributed by atoms with Crippen LogP contribution >= 0.6 is 0 Å². The summed E-state index contributed by atoms with van der Waals surface area (Å²) in [6, 6.07) is 7.87. The summed E-state index contributed by atoms with van der Waals surface area (Å²) in [5.74, 6) is -1.78. The first kappa shape index (κ1) is 29.7. The molecule has 9 nitrogen and oxygen atoms in total. The van der Waals surface area contributed by atoms with Crippen molar-refractivity contribution in [2.75, 3.05) is 6.61 Å². The lowest BCUT2D eigenvalue weighted by atomic mass is 9.99. The number of hydrogen-bond acceptors (Lipinski definition) is 5. The lowest BCUT2D eigenvalue weighted by molar-refractivity contribution is -0.137. The number of aryl methyl sites for hydroxylation is 3. The lowest BCUT2D eigenvalue weighted by Gasteiger charge is -2.08. The van der Waals surface area contributed by atoms with Crippen LogP contribution in [0.1, 0.15) is 84.6 Å². The Balaban J connectivity index is 1.92. The summed E-state index contributed by atoms with van der Waals surface area (Å²) in [7, 11) is 0. The summed E-state index contributed by atoms with van der Waals surface area (Å²) in [6.07, 6.45) is 2.95. The number of aromatic amines is 2. The van der Waals surface area contributed by atoms with Crippen LogP contribution < -0.4 is 0 Å². The van der Waals surface area contributed by atoms with Gasteiger partial charge in [-0.1, -0.05) is 6.58 Å². The molecule has 0 fully saturated rings. The van der Waals surface area contributed by atoms with Crippen LogP contribution in [0.4, 0.5) is 0 Å². The minimum atomic E-state index is -0.891. The summed E-state index contributed by atoms with van der Waals surface area (Å²) in [4.78, 5) is 40.0. The second kappa shape index (κ2) is 11.9. The largest absolute Gasteiger partial charge is 0.481 e. The molecule has 8 bridgehead atoms. The van der Waals surface area contributed by atoms with Crippen molar-refractivity contribution in [3.8, 4) is 0 Å². The number of aliphatic hydroxyl groups excluding tert-OH is 1. The van der Waals surface area contributed by atoms with Gasteiger partial charge in [-0.05, 0) is 116 Å². The van der Waals surface area contributed by atoms with Gasteiger partial charge in [0.15, 0.2) is 0 Å². The van der Waals surface area contributed by atoms with Gasteiger partial charge in [0.05, 0.1) is 22.8 Å². The number of fused-ring (bicyclic) bond motifs is 8. The zero-order valence-corrected chi connectivity index (χ0v) is 24.9. The molecule has 9 heteroatoms. The number of carboxylic acid groups (broad SMARTS) is 2. The summed E-state index contributed by atoms with van der Waals surface area (Å²) >= 11 is 0. The zero-order valence-electron chi connectivity index (χ0n) is 24.9. The molecule has 43 heavy (non-hydrogen) atoms. The Kier molecular flexibility index (Phi) is 8.19. The van der Waals surface area contributed by atoms with Crippen LogP contribution in [-0.4, -0.2) is 53.8 Å². The fourth-order valence-electron chi connectivity index (χ4n) is 5.83. The van der Waals surface area contributed by atoms with Gasteiger partial charge in [0.1, 0.15) is 0 Å². The summed E-state index contributed by atoms with van der Waals surface area (Å²) in [6.45, 7) is 12.1. The van der Waals surface area contributed by atoms with Gasteiger partial charge in [-0.3, -0.25) is 9.59 Å². The van der Waals surface area contributed by atoms with Crippen LogP contribution in [0.25, 0.3) is 50.4 Å². The number of aliphatic hydroxyl groups is 1. The van der Waals surface area contributed by atoms with Gasteiger partial charge in [0.2, 0.25) is 0 Å². The van der Waals surface area contributed by atoms with E-state index in [4.69, 9.17) is 9.97 Å². The highest BCUT2D eigenvalue weighted by molar-refractivity contribution is 5.95. The van der Waals surface area contributed by atoms with E-state index in [1.54, 1.807) is 0 Å². The monoisotopic (exact) mass is 580 g/mol. The van der Waals surface area contributed by atoms with Crippen LogP contribution in [0.15, 0.2) is 30.8 Å². The molecule has 0 unspecified atom stereocenters. The molecule has 5 rings (SSSR count). The molecule has 3 aromatic heterocycles. The van der Waals surface area contributed by atoms with E-state index in [2.05, 4.69) is 16.5 Å². The van der Waals surface area contributed by atoms with Gasteiger partial charge in [-0.15, -0.1) is 0 Å². The van der Waals surface area contributed by atoms with Gasteiger partial charge in [-0.25, -0.2) is 9.97 Å². The molecular weight excluding hydrogens is 544 g/mol. The Morgan fingerprint density at radius 1 is 0.814 bits per heavy atom. The number of carboxylic acids is 2. The quantitative estimate of drug-likeness (QED) is 0.189. The van der Waals surface area contributed by atoms with Crippen molar-refractivity contribution in [1.29, 1.82) is 0 Å². The number of allylic oxidation sites excluding steroid dienone is 3. The van der Waals surface area contributed by atoms with Gasteiger partial charge in [0, 0.05) is 47.1 Å². The van der Waals surface area contributed by atoms with Crippen molar-refractivity contribution in [3.63, 3.8) is 0 Å². The molecule has 0 saturated heterocycles. The van der Waals surface area contributed by atoms with Crippen molar-refractivity contribution in [2.45, 2.75) is 59.8 Å². The van der Waals surface area contributed by atoms with E-state index in [9.17, 15) is 24.9 Å². The molecule has 3 aromatic rings. The SMILES string of the molecule is C=C(CCO)c1c2nc(cc3[nH]c(cc4nc(cc5[nH]c1cc5C)C(C)=C4CCC(=O)O)c(CCC(=O)O)c3C)C=C2C. The Morgan fingerprint density at radius 2 is 1.49 bits per heavy atom. The Labute approximate surface area is 249 Å². The molecule has 5 N–H and O–H groups in total. The van der Waals surface area contributed by atoms with Crippen molar-refractivity contribution in [2.24, 2.45) is 0 Å². The fraction of sp³-hybridized carbons (Fsp3) is 0.294. The van der Waals surface area contributed by atoms with Gasteiger partial charge in [0.25, 0.3) is 0 Å². The first-order valence-corrected chi connectivity index (χ1v) is 14.3.